The molecule has 0 amide bonds. The zero-order valence-corrected chi connectivity index (χ0v) is 11.8. The molecule has 0 saturated carbocycles. The molecule has 0 spiro atoms. The maximum absolute atomic E-state index is 8.99. The van der Waals surface area contributed by atoms with E-state index in [1.54, 1.807) is 0 Å². The van der Waals surface area contributed by atoms with Crippen LogP contribution in [0.4, 0.5) is 0 Å². The van der Waals surface area contributed by atoms with Crippen LogP contribution >= 0.6 is 0 Å². The number of nitriles is 1. The summed E-state index contributed by atoms with van der Waals surface area (Å²) in [4.78, 5) is 3.26. The molecule has 1 aromatic heterocycles. The Morgan fingerprint density at radius 3 is 2.76 bits per heavy atom. The highest BCUT2D eigenvalue weighted by molar-refractivity contribution is 5.84. The SMILES string of the molecule is N#Cc1ccc2[nH]cc(CCNCc3ccccc3)c2c1. The van der Waals surface area contributed by atoms with Crippen LogP contribution in [0, 0.1) is 11.3 Å². The summed E-state index contributed by atoms with van der Waals surface area (Å²) < 4.78 is 0. The molecule has 0 aliphatic rings. The summed E-state index contributed by atoms with van der Waals surface area (Å²) in [5.74, 6) is 0. The lowest BCUT2D eigenvalue weighted by Crippen LogP contribution is -2.16. The summed E-state index contributed by atoms with van der Waals surface area (Å²) in [7, 11) is 0. The Bertz CT molecular complexity index is 766. The summed E-state index contributed by atoms with van der Waals surface area (Å²) in [5, 5.41) is 13.6. The first kappa shape index (κ1) is 13.4. The Morgan fingerprint density at radius 2 is 1.95 bits per heavy atom. The number of hydrogen-bond donors (Lipinski definition) is 2. The number of nitrogens with zero attached hydrogens (tertiary/aromatic N) is 1. The molecule has 3 aromatic rings. The molecule has 21 heavy (non-hydrogen) atoms. The van der Waals surface area contributed by atoms with Crippen molar-refractivity contribution in [3.8, 4) is 6.07 Å². The molecular formula is C18H17N3. The van der Waals surface area contributed by atoms with E-state index in [4.69, 9.17) is 5.26 Å². The average Bonchev–Trinajstić information content (AvgIpc) is 2.95. The van der Waals surface area contributed by atoms with Crippen molar-refractivity contribution in [2.75, 3.05) is 6.54 Å². The van der Waals surface area contributed by atoms with Gasteiger partial charge >= 0.3 is 0 Å². The summed E-state index contributed by atoms with van der Waals surface area (Å²) in [6.45, 7) is 1.80. The fourth-order valence-electron chi connectivity index (χ4n) is 2.51. The van der Waals surface area contributed by atoms with Crippen molar-refractivity contribution < 1.29 is 0 Å². The van der Waals surface area contributed by atoms with Crippen LogP contribution in [0.25, 0.3) is 10.9 Å². The molecule has 0 unspecified atom stereocenters. The molecule has 0 fully saturated rings. The Hall–Kier alpha value is -2.57. The highest BCUT2D eigenvalue weighted by Gasteiger charge is 2.04. The molecule has 0 atom stereocenters. The molecule has 3 nitrogen and oxygen atoms in total. The van der Waals surface area contributed by atoms with Crippen LogP contribution < -0.4 is 5.32 Å². The lowest BCUT2D eigenvalue weighted by Gasteiger charge is -2.04. The molecule has 0 bridgehead atoms. The molecular weight excluding hydrogens is 258 g/mol. The average molecular weight is 275 g/mol. The maximum Gasteiger partial charge on any atom is 0.0991 e. The van der Waals surface area contributed by atoms with Crippen LogP contribution in [-0.2, 0) is 13.0 Å². The third kappa shape index (κ3) is 3.13. The maximum atomic E-state index is 8.99. The predicted octanol–water partition coefficient (Wildman–Crippen LogP) is 3.37. The van der Waals surface area contributed by atoms with E-state index < -0.39 is 0 Å². The van der Waals surface area contributed by atoms with E-state index in [-0.39, 0.29) is 0 Å². The number of hydrogen-bond acceptors (Lipinski definition) is 2. The smallest absolute Gasteiger partial charge is 0.0991 e. The molecule has 2 N–H and O–H groups in total. The van der Waals surface area contributed by atoms with Gasteiger partial charge in [0.05, 0.1) is 11.6 Å². The number of H-pyrrole nitrogens is 1. The molecule has 0 saturated heterocycles. The minimum atomic E-state index is 0.709. The van der Waals surface area contributed by atoms with Gasteiger partial charge in [-0.2, -0.15) is 5.26 Å². The zero-order valence-electron chi connectivity index (χ0n) is 11.8. The normalized spacial score (nSPS) is 10.6. The van der Waals surface area contributed by atoms with Crippen LogP contribution in [0.2, 0.25) is 0 Å². The number of aromatic nitrogens is 1. The Balaban J connectivity index is 1.62. The van der Waals surface area contributed by atoms with Crippen molar-refractivity contribution in [2.24, 2.45) is 0 Å². The van der Waals surface area contributed by atoms with Crippen molar-refractivity contribution >= 4 is 10.9 Å². The van der Waals surface area contributed by atoms with Gasteiger partial charge in [0.1, 0.15) is 0 Å². The van der Waals surface area contributed by atoms with E-state index in [1.807, 2.05) is 30.5 Å². The largest absolute Gasteiger partial charge is 0.361 e. The molecule has 0 aliphatic carbocycles. The van der Waals surface area contributed by atoms with Gasteiger partial charge in [0, 0.05) is 23.6 Å². The highest BCUT2D eigenvalue weighted by atomic mass is 14.8. The van der Waals surface area contributed by atoms with Crippen molar-refractivity contribution in [2.45, 2.75) is 13.0 Å². The van der Waals surface area contributed by atoms with Crippen molar-refractivity contribution in [3.63, 3.8) is 0 Å². The number of aromatic amines is 1. The standard InChI is InChI=1S/C18H17N3/c19-11-15-6-7-18-17(10-15)16(13-21-18)8-9-20-12-14-4-2-1-3-5-14/h1-7,10,13,20-21H,8-9,12H2. The zero-order chi connectivity index (χ0) is 14.5. The molecule has 0 radical (unpaired) electrons. The van der Waals surface area contributed by atoms with Gasteiger partial charge in [0.25, 0.3) is 0 Å². The van der Waals surface area contributed by atoms with Gasteiger partial charge in [-0.05, 0) is 42.3 Å². The van der Waals surface area contributed by atoms with Gasteiger partial charge < -0.3 is 10.3 Å². The van der Waals surface area contributed by atoms with E-state index in [1.165, 1.54) is 11.1 Å². The second kappa shape index (κ2) is 6.25. The monoisotopic (exact) mass is 275 g/mol. The fraction of sp³-hybridized carbons (Fsp3) is 0.167. The second-order valence-corrected chi connectivity index (χ2v) is 5.10. The second-order valence-electron chi connectivity index (χ2n) is 5.10. The van der Waals surface area contributed by atoms with E-state index in [2.05, 4.69) is 40.6 Å². The van der Waals surface area contributed by atoms with Gasteiger partial charge in [-0.15, -0.1) is 0 Å². The van der Waals surface area contributed by atoms with Gasteiger partial charge in [-0.3, -0.25) is 0 Å². The van der Waals surface area contributed by atoms with Crippen LogP contribution in [0.15, 0.2) is 54.7 Å². The number of rotatable bonds is 5. The number of fused-ring (bicyclic) bond motifs is 1. The van der Waals surface area contributed by atoms with Crippen LogP contribution in [-0.4, -0.2) is 11.5 Å². The van der Waals surface area contributed by atoms with E-state index in [9.17, 15) is 0 Å². The molecule has 104 valence electrons. The van der Waals surface area contributed by atoms with Crippen LogP contribution in [0.5, 0.6) is 0 Å². The molecule has 3 rings (SSSR count). The third-order valence-corrected chi connectivity index (χ3v) is 3.64. The molecule has 3 heteroatoms. The summed E-state index contributed by atoms with van der Waals surface area (Å²) >= 11 is 0. The van der Waals surface area contributed by atoms with Gasteiger partial charge in [-0.1, -0.05) is 30.3 Å². The number of nitrogens with one attached hydrogen (secondary N) is 2. The predicted molar refractivity (Wildman–Crippen MR) is 84.9 cm³/mol. The number of benzene rings is 2. The van der Waals surface area contributed by atoms with Gasteiger partial charge in [0.2, 0.25) is 0 Å². The first-order chi connectivity index (χ1) is 10.4. The van der Waals surface area contributed by atoms with Crippen molar-refractivity contribution in [1.29, 1.82) is 5.26 Å². The summed E-state index contributed by atoms with van der Waals surface area (Å²) in [6, 6.07) is 18.3. The first-order valence-corrected chi connectivity index (χ1v) is 7.11. The summed E-state index contributed by atoms with van der Waals surface area (Å²) in [5.41, 5.74) is 4.35. The highest BCUT2D eigenvalue weighted by Crippen LogP contribution is 2.19. The van der Waals surface area contributed by atoms with Gasteiger partial charge in [0.15, 0.2) is 0 Å². The third-order valence-electron chi connectivity index (χ3n) is 3.64. The molecule has 2 aromatic carbocycles. The van der Waals surface area contributed by atoms with E-state index in [0.29, 0.717) is 5.56 Å². The van der Waals surface area contributed by atoms with Crippen LogP contribution in [0.3, 0.4) is 0 Å². The Morgan fingerprint density at radius 1 is 1.10 bits per heavy atom. The van der Waals surface area contributed by atoms with E-state index in [0.717, 1.165) is 30.4 Å². The molecule has 1 heterocycles. The quantitative estimate of drug-likeness (QED) is 0.701. The fourth-order valence-corrected chi connectivity index (χ4v) is 2.51. The Labute approximate surface area is 124 Å². The molecule has 0 aliphatic heterocycles. The Kier molecular flexibility index (Phi) is 3.99. The van der Waals surface area contributed by atoms with Crippen molar-refractivity contribution in [1.82, 2.24) is 10.3 Å². The lowest BCUT2D eigenvalue weighted by molar-refractivity contribution is 0.688. The topological polar surface area (TPSA) is 51.6 Å². The summed E-state index contributed by atoms with van der Waals surface area (Å²) in [6.07, 6.45) is 2.98. The van der Waals surface area contributed by atoms with Crippen LogP contribution in [0.1, 0.15) is 16.7 Å². The lowest BCUT2D eigenvalue weighted by atomic mass is 10.1. The minimum Gasteiger partial charge on any atom is -0.361 e. The van der Waals surface area contributed by atoms with Gasteiger partial charge in [-0.25, -0.2) is 0 Å². The minimum absolute atomic E-state index is 0.709. The first-order valence-electron chi connectivity index (χ1n) is 7.11. The van der Waals surface area contributed by atoms with E-state index >= 15 is 0 Å². The van der Waals surface area contributed by atoms with Crippen molar-refractivity contribution in [3.05, 3.63) is 71.4 Å².